The van der Waals surface area contributed by atoms with Crippen molar-refractivity contribution < 1.29 is 8.83 Å². The van der Waals surface area contributed by atoms with Gasteiger partial charge in [-0.2, -0.15) is 0 Å². The lowest BCUT2D eigenvalue weighted by atomic mass is 10.0. The van der Waals surface area contributed by atoms with Gasteiger partial charge in [-0.05, 0) is 57.3 Å². The largest absolute Gasteiger partial charge is 0.455 e. The van der Waals surface area contributed by atoms with Gasteiger partial charge in [0.1, 0.15) is 22.7 Å². The molecule has 0 amide bonds. The Bertz CT molecular complexity index is 2410. The summed E-state index contributed by atoms with van der Waals surface area (Å²) >= 11 is 7.23. The Morgan fingerprint density at radius 3 is 1.20 bits per heavy atom. The van der Waals surface area contributed by atoms with E-state index in [0.717, 1.165) is 33.8 Å². The molecule has 0 spiro atoms. The number of rotatable bonds is 4. The van der Waals surface area contributed by atoms with Crippen molar-refractivity contribution in [3.63, 3.8) is 0 Å². The molecule has 6 aromatic heterocycles. The summed E-state index contributed by atoms with van der Waals surface area (Å²) in [4.78, 5) is 0. The van der Waals surface area contributed by atoms with E-state index in [1.165, 1.54) is 61.2 Å². The van der Waals surface area contributed by atoms with Crippen LogP contribution in [0.3, 0.4) is 0 Å². The molecule has 0 aliphatic rings. The molecule has 0 saturated carbocycles. The van der Waals surface area contributed by atoms with E-state index in [9.17, 15) is 0 Å². The van der Waals surface area contributed by atoms with E-state index in [4.69, 9.17) is 8.83 Å². The fourth-order valence-corrected chi connectivity index (χ4v) is 10.3. The number of hydrogen-bond donors (Lipinski definition) is 0. The molecule has 0 aliphatic carbocycles. The summed E-state index contributed by atoms with van der Waals surface area (Å²) in [5.74, 6) is 1.85. The first-order valence-corrected chi connectivity index (χ1v) is 17.7. The summed E-state index contributed by atoms with van der Waals surface area (Å²) in [6, 6.07) is 39.6. The highest BCUT2D eigenvalue weighted by atomic mass is 32.1. The monoisotopic (exact) mass is 636 g/mol. The number of furan rings is 2. The zero-order valence-corrected chi connectivity index (χ0v) is 26.3. The van der Waals surface area contributed by atoms with Gasteiger partial charge >= 0.3 is 0 Å². The minimum absolute atomic E-state index is 0.924. The summed E-state index contributed by atoms with van der Waals surface area (Å²) in [6.07, 6.45) is 0. The normalized spacial score (nSPS) is 12.1. The van der Waals surface area contributed by atoms with Gasteiger partial charge < -0.3 is 8.83 Å². The molecule has 4 aromatic carbocycles. The van der Waals surface area contributed by atoms with Crippen molar-refractivity contribution in [3.8, 4) is 44.9 Å². The second-order valence-corrected chi connectivity index (χ2v) is 15.0. The van der Waals surface area contributed by atoms with Gasteiger partial charge in [0.25, 0.3) is 0 Å². The van der Waals surface area contributed by atoms with Gasteiger partial charge in [0.2, 0.25) is 0 Å². The molecule has 6 heteroatoms. The quantitative estimate of drug-likeness (QED) is 0.192. The van der Waals surface area contributed by atoms with Gasteiger partial charge in [-0.15, -0.1) is 45.3 Å². The average Bonchev–Trinajstić information content (AvgIpc) is 3.89. The molecule has 0 bridgehead atoms. The zero-order valence-electron chi connectivity index (χ0n) is 23.0. The third-order valence-electron chi connectivity index (χ3n) is 8.37. The number of thiophene rings is 4. The van der Waals surface area contributed by atoms with Crippen LogP contribution in [-0.4, -0.2) is 0 Å². The molecule has 0 N–H and O–H groups in total. The summed E-state index contributed by atoms with van der Waals surface area (Å²) in [5, 5.41) is 6.81. The Hall–Kier alpha value is -4.46. The summed E-state index contributed by atoms with van der Waals surface area (Å²) in [7, 11) is 0. The molecule has 44 heavy (non-hydrogen) atoms. The van der Waals surface area contributed by atoms with Gasteiger partial charge in [0.15, 0.2) is 0 Å². The standard InChI is InChI=1S/C38H20O2S4/c1-5-23(31-19-35-29(39-31)13-15-41-35)6-2-21(1)25-9-11-27-33(17-25)43-38-28-12-10-26(18-34(28)44-37(27)38)22-3-7-24(8-4-22)32-20-36-30(40-32)14-16-42-36/h1-20H. The molecular weight excluding hydrogens is 617 g/mol. The maximum absolute atomic E-state index is 6.03. The van der Waals surface area contributed by atoms with Gasteiger partial charge in [-0.3, -0.25) is 0 Å². The predicted octanol–water partition coefficient (Wildman–Crippen LogP) is 13.6. The molecule has 0 fully saturated rings. The van der Waals surface area contributed by atoms with E-state index in [-0.39, 0.29) is 0 Å². The molecule has 6 heterocycles. The topological polar surface area (TPSA) is 26.3 Å². The summed E-state index contributed by atoms with van der Waals surface area (Å²) < 4.78 is 19.9. The van der Waals surface area contributed by atoms with Crippen molar-refractivity contribution in [1.82, 2.24) is 0 Å². The Kier molecular flexibility index (Phi) is 5.39. The van der Waals surface area contributed by atoms with Crippen molar-refractivity contribution in [1.29, 1.82) is 0 Å². The van der Waals surface area contributed by atoms with Crippen LogP contribution >= 0.6 is 45.3 Å². The summed E-state index contributed by atoms with van der Waals surface area (Å²) in [5.41, 5.74) is 9.04. The second-order valence-electron chi connectivity index (χ2n) is 11.0. The Morgan fingerprint density at radius 1 is 0.364 bits per heavy atom. The second kappa shape index (κ2) is 9.52. The highest BCUT2D eigenvalue weighted by Crippen LogP contribution is 2.46. The first-order chi connectivity index (χ1) is 21.7. The molecule has 0 saturated heterocycles. The lowest BCUT2D eigenvalue weighted by Crippen LogP contribution is -1.79. The maximum atomic E-state index is 6.03. The van der Waals surface area contributed by atoms with Gasteiger partial charge in [0.05, 0.1) is 18.8 Å². The molecule has 10 rings (SSSR count). The molecule has 0 radical (unpaired) electrons. The number of benzene rings is 4. The lowest BCUT2D eigenvalue weighted by molar-refractivity contribution is 0.632. The van der Waals surface area contributed by atoms with Crippen LogP contribution in [0, 0.1) is 0 Å². The Labute approximate surface area is 267 Å². The molecule has 10 aromatic rings. The third-order valence-corrected chi connectivity index (χ3v) is 12.6. The molecule has 208 valence electrons. The van der Waals surface area contributed by atoms with Crippen molar-refractivity contribution in [2.24, 2.45) is 0 Å². The lowest BCUT2D eigenvalue weighted by Gasteiger charge is -2.04. The first kappa shape index (κ1) is 24.9. The van der Waals surface area contributed by atoms with E-state index in [0.29, 0.717) is 0 Å². The van der Waals surface area contributed by atoms with E-state index in [1.54, 1.807) is 22.7 Å². The van der Waals surface area contributed by atoms with Crippen LogP contribution < -0.4 is 0 Å². The number of hydrogen-bond acceptors (Lipinski definition) is 6. The highest BCUT2D eigenvalue weighted by Gasteiger charge is 2.15. The van der Waals surface area contributed by atoms with Crippen molar-refractivity contribution in [2.45, 2.75) is 0 Å². The van der Waals surface area contributed by atoms with Crippen LogP contribution in [0.4, 0.5) is 0 Å². The first-order valence-electron chi connectivity index (χ1n) is 14.3. The Morgan fingerprint density at radius 2 is 0.773 bits per heavy atom. The zero-order chi connectivity index (χ0) is 28.8. The Balaban J connectivity index is 0.958. The van der Waals surface area contributed by atoms with E-state index < -0.39 is 0 Å². The molecule has 0 unspecified atom stereocenters. The summed E-state index contributed by atoms with van der Waals surface area (Å²) in [6.45, 7) is 0. The smallest absolute Gasteiger partial charge is 0.145 e. The van der Waals surface area contributed by atoms with Crippen LogP contribution in [0.1, 0.15) is 0 Å². The number of fused-ring (bicyclic) bond motifs is 7. The van der Waals surface area contributed by atoms with Gasteiger partial charge in [-0.25, -0.2) is 0 Å². The van der Waals surface area contributed by atoms with Crippen LogP contribution in [0.5, 0.6) is 0 Å². The minimum atomic E-state index is 0.924. The van der Waals surface area contributed by atoms with E-state index in [2.05, 4.69) is 108 Å². The maximum Gasteiger partial charge on any atom is 0.145 e. The average molecular weight is 637 g/mol. The SMILES string of the molecule is c1cc2oc(-c3ccc(-c4ccc5c(c4)sc4c6ccc(-c7ccc(-c8cc9sccc9o8)cc7)cc6sc54)cc3)cc2s1. The van der Waals surface area contributed by atoms with Crippen molar-refractivity contribution >= 4 is 95.5 Å². The molecule has 0 atom stereocenters. The predicted molar refractivity (Wildman–Crippen MR) is 192 cm³/mol. The van der Waals surface area contributed by atoms with Gasteiger partial charge in [-0.1, -0.05) is 72.8 Å². The molecular formula is C38H20O2S4. The third kappa shape index (κ3) is 3.89. The van der Waals surface area contributed by atoms with E-state index >= 15 is 0 Å². The van der Waals surface area contributed by atoms with Crippen LogP contribution in [0.25, 0.3) is 95.0 Å². The van der Waals surface area contributed by atoms with Crippen molar-refractivity contribution in [2.75, 3.05) is 0 Å². The van der Waals surface area contributed by atoms with Crippen LogP contribution in [0.15, 0.2) is 129 Å². The van der Waals surface area contributed by atoms with Gasteiger partial charge in [0, 0.05) is 43.4 Å². The fraction of sp³-hybridized carbons (Fsp3) is 0. The van der Waals surface area contributed by atoms with Crippen LogP contribution in [0.2, 0.25) is 0 Å². The highest BCUT2D eigenvalue weighted by molar-refractivity contribution is 7.36. The molecule has 0 aliphatic heterocycles. The minimum Gasteiger partial charge on any atom is -0.455 e. The fourth-order valence-electron chi connectivity index (χ4n) is 6.09. The van der Waals surface area contributed by atoms with Crippen LogP contribution in [-0.2, 0) is 0 Å². The van der Waals surface area contributed by atoms with Crippen molar-refractivity contribution in [3.05, 3.63) is 120 Å². The van der Waals surface area contributed by atoms with E-state index in [1.807, 2.05) is 34.8 Å². The molecule has 2 nitrogen and oxygen atoms in total.